The lowest BCUT2D eigenvalue weighted by Crippen LogP contribution is -2.24. The highest BCUT2D eigenvalue weighted by atomic mass is 35.5. The van der Waals surface area contributed by atoms with Crippen LogP contribution in [0.25, 0.3) is 0 Å². The van der Waals surface area contributed by atoms with Crippen molar-refractivity contribution in [3.8, 4) is 0 Å². The van der Waals surface area contributed by atoms with Gasteiger partial charge in [0.05, 0.1) is 5.02 Å². The van der Waals surface area contributed by atoms with Gasteiger partial charge in [0.15, 0.2) is 5.78 Å². The number of hydrogen-bond donors (Lipinski definition) is 2. The van der Waals surface area contributed by atoms with E-state index in [1.54, 1.807) is 19.1 Å². The normalized spacial score (nSPS) is 11.3. The standard InChI is InChI=1S/C17H17ClN2O4S/c1-2-15(21)13-7-8-14(18)16(9-13)25(23,24)20-10-11-3-5-12(6-4-11)17(19)22/h3-9,20H,2,10H2,1H3,(H2,19,22). The van der Waals surface area contributed by atoms with E-state index in [2.05, 4.69) is 4.72 Å². The first-order chi connectivity index (χ1) is 11.7. The fourth-order valence-electron chi connectivity index (χ4n) is 2.13. The zero-order chi connectivity index (χ0) is 18.6. The van der Waals surface area contributed by atoms with Gasteiger partial charge in [0.25, 0.3) is 0 Å². The van der Waals surface area contributed by atoms with Crippen molar-refractivity contribution in [2.24, 2.45) is 5.73 Å². The monoisotopic (exact) mass is 380 g/mol. The first kappa shape index (κ1) is 19.1. The highest BCUT2D eigenvalue weighted by Gasteiger charge is 2.19. The van der Waals surface area contributed by atoms with Crippen molar-refractivity contribution in [1.82, 2.24) is 4.72 Å². The quantitative estimate of drug-likeness (QED) is 0.719. The summed E-state index contributed by atoms with van der Waals surface area (Å²) >= 11 is 5.98. The Bertz CT molecular complexity index is 909. The summed E-state index contributed by atoms with van der Waals surface area (Å²) in [5, 5.41) is 0.0317. The molecule has 8 heteroatoms. The topological polar surface area (TPSA) is 106 Å². The van der Waals surface area contributed by atoms with E-state index in [9.17, 15) is 18.0 Å². The van der Waals surface area contributed by atoms with Crippen LogP contribution < -0.4 is 10.5 Å². The summed E-state index contributed by atoms with van der Waals surface area (Å²) in [5.41, 5.74) is 6.42. The summed E-state index contributed by atoms with van der Waals surface area (Å²) in [7, 11) is -3.91. The average molecular weight is 381 g/mol. The van der Waals surface area contributed by atoms with Gasteiger partial charge in [-0.2, -0.15) is 0 Å². The van der Waals surface area contributed by atoms with Crippen molar-refractivity contribution in [3.63, 3.8) is 0 Å². The minimum Gasteiger partial charge on any atom is -0.366 e. The van der Waals surface area contributed by atoms with E-state index < -0.39 is 15.9 Å². The Morgan fingerprint density at radius 2 is 1.68 bits per heavy atom. The van der Waals surface area contributed by atoms with Crippen molar-refractivity contribution in [1.29, 1.82) is 0 Å². The fourth-order valence-corrected chi connectivity index (χ4v) is 3.67. The SMILES string of the molecule is CCC(=O)c1ccc(Cl)c(S(=O)(=O)NCc2ccc(C(N)=O)cc2)c1. The van der Waals surface area contributed by atoms with Crippen molar-refractivity contribution < 1.29 is 18.0 Å². The highest BCUT2D eigenvalue weighted by molar-refractivity contribution is 7.89. The molecule has 0 fully saturated rings. The second-order valence-electron chi connectivity index (χ2n) is 5.31. The van der Waals surface area contributed by atoms with E-state index in [0.29, 0.717) is 11.1 Å². The lowest BCUT2D eigenvalue weighted by molar-refractivity contribution is 0.0984. The molecule has 0 aromatic heterocycles. The highest BCUT2D eigenvalue weighted by Crippen LogP contribution is 2.23. The molecule has 25 heavy (non-hydrogen) atoms. The number of halogens is 1. The fraction of sp³-hybridized carbons (Fsp3) is 0.176. The van der Waals surface area contributed by atoms with Crippen LogP contribution in [0.15, 0.2) is 47.4 Å². The maximum Gasteiger partial charge on any atom is 0.248 e. The summed E-state index contributed by atoms with van der Waals surface area (Å²) < 4.78 is 27.4. The van der Waals surface area contributed by atoms with E-state index in [1.807, 2.05) is 0 Å². The molecule has 2 aromatic rings. The minimum absolute atomic E-state index is 0.00363. The van der Waals surface area contributed by atoms with Crippen LogP contribution in [-0.2, 0) is 16.6 Å². The Balaban J connectivity index is 2.21. The predicted molar refractivity (Wildman–Crippen MR) is 95.1 cm³/mol. The van der Waals surface area contributed by atoms with Crippen LogP contribution in [0.5, 0.6) is 0 Å². The molecule has 0 radical (unpaired) electrons. The summed E-state index contributed by atoms with van der Waals surface area (Å²) in [6.07, 6.45) is 0.265. The largest absolute Gasteiger partial charge is 0.366 e. The second-order valence-corrected chi connectivity index (χ2v) is 7.45. The van der Waals surface area contributed by atoms with Crippen molar-refractivity contribution in [2.45, 2.75) is 24.8 Å². The molecular weight excluding hydrogens is 364 g/mol. The third-order valence-corrected chi connectivity index (χ3v) is 5.45. The summed E-state index contributed by atoms with van der Waals surface area (Å²) in [4.78, 5) is 22.7. The number of primary amides is 1. The molecule has 0 saturated carbocycles. The Labute approximate surface area is 151 Å². The van der Waals surface area contributed by atoms with Crippen molar-refractivity contribution in [3.05, 3.63) is 64.2 Å². The predicted octanol–water partition coefficient (Wildman–Crippen LogP) is 2.51. The van der Waals surface area contributed by atoms with Gasteiger partial charge in [0.1, 0.15) is 4.90 Å². The van der Waals surface area contributed by atoms with Crippen LogP contribution in [-0.4, -0.2) is 20.1 Å². The van der Waals surface area contributed by atoms with Crippen LogP contribution in [0.3, 0.4) is 0 Å². The van der Waals surface area contributed by atoms with Gasteiger partial charge in [0, 0.05) is 24.1 Å². The third kappa shape index (κ3) is 4.66. The Kier molecular flexibility index (Phi) is 5.94. The zero-order valence-corrected chi connectivity index (χ0v) is 15.0. The van der Waals surface area contributed by atoms with Gasteiger partial charge in [0.2, 0.25) is 15.9 Å². The molecule has 0 spiro atoms. The molecule has 0 heterocycles. The molecule has 0 saturated heterocycles. The molecule has 2 rings (SSSR count). The molecule has 1 amide bonds. The number of ketones is 1. The summed E-state index contributed by atoms with van der Waals surface area (Å²) in [6.45, 7) is 1.70. The van der Waals surface area contributed by atoms with Crippen LogP contribution in [0.4, 0.5) is 0 Å². The summed E-state index contributed by atoms with van der Waals surface area (Å²) in [6, 6.07) is 10.4. The number of amides is 1. The number of nitrogens with two attached hydrogens (primary N) is 1. The van der Waals surface area contributed by atoms with Gasteiger partial charge >= 0.3 is 0 Å². The lowest BCUT2D eigenvalue weighted by atomic mass is 10.1. The molecule has 0 atom stereocenters. The smallest absolute Gasteiger partial charge is 0.248 e. The van der Waals surface area contributed by atoms with Gasteiger partial charge in [-0.25, -0.2) is 13.1 Å². The molecule has 0 aliphatic rings. The average Bonchev–Trinajstić information content (AvgIpc) is 2.60. The van der Waals surface area contributed by atoms with E-state index in [1.165, 1.54) is 30.3 Å². The number of Topliss-reactive ketones (excluding diaryl/α,β-unsaturated/α-hetero) is 1. The number of carbonyl (C=O) groups is 2. The van der Waals surface area contributed by atoms with Gasteiger partial charge in [-0.3, -0.25) is 9.59 Å². The Hall–Kier alpha value is -2.22. The maximum atomic E-state index is 12.5. The number of hydrogen-bond acceptors (Lipinski definition) is 4. The number of benzene rings is 2. The Morgan fingerprint density at radius 1 is 1.08 bits per heavy atom. The third-order valence-electron chi connectivity index (χ3n) is 3.57. The number of rotatable bonds is 7. The number of carbonyl (C=O) groups excluding carboxylic acids is 2. The molecular formula is C17H17ClN2O4S. The molecule has 2 aromatic carbocycles. The molecule has 0 unspecified atom stereocenters. The van der Waals surface area contributed by atoms with Crippen molar-refractivity contribution in [2.75, 3.05) is 0 Å². The van der Waals surface area contributed by atoms with E-state index in [0.717, 1.165) is 0 Å². The van der Waals surface area contributed by atoms with E-state index in [-0.39, 0.29) is 34.2 Å². The van der Waals surface area contributed by atoms with Crippen molar-refractivity contribution >= 4 is 33.3 Å². The molecule has 0 bridgehead atoms. The summed E-state index contributed by atoms with van der Waals surface area (Å²) in [5.74, 6) is -0.730. The van der Waals surface area contributed by atoms with Crippen LogP contribution >= 0.6 is 11.6 Å². The molecule has 6 nitrogen and oxygen atoms in total. The van der Waals surface area contributed by atoms with Gasteiger partial charge in [-0.1, -0.05) is 30.7 Å². The number of sulfonamides is 1. The van der Waals surface area contributed by atoms with E-state index >= 15 is 0 Å². The van der Waals surface area contributed by atoms with Gasteiger partial charge in [-0.05, 0) is 35.9 Å². The second kappa shape index (κ2) is 7.77. The van der Waals surface area contributed by atoms with E-state index in [4.69, 9.17) is 17.3 Å². The van der Waals surface area contributed by atoms with Gasteiger partial charge in [-0.15, -0.1) is 0 Å². The van der Waals surface area contributed by atoms with Crippen LogP contribution in [0.1, 0.15) is 39.6 Å². The van der Waals surface area contributed by atoms with Crippen LogP contribution in [0.2, 0.25) is 5.02 Å². The number of nitrogens with one attached hydrogen (secondary N) is 1. The lowest BCUT2D eigenvalue weighted by Gasteiger charge is -2.10. The Morgan fingerprint density at radius 3 is 2.24 bits per heavy atom. The first-order valence-corrected chi connectivity index (χ1v) is 9.32. The first-order valence-electron chi connectivity index (χ1n) is 7.45. The minimum atomic E-state index is -3.91. The van der Waals surface area contributed by atoms with Crippen LogP contribution in [0, 0.1) is 0 Å². The molecule has 3 N–H and O–H groups in total. The molecule has 0 aliphatic carbocycles. The van der Waals surface area contributed by atoms with Gasteiger partial charge < -0.3 is 5.73 Å². The molecule has 0 aliphatic heterocycles. The molecule has 132 valence electrons. The maximum absolute atomic E-state index is 12.5. The zero-order valence-electron chi connectivity index (χ0n) is 13.5.